The zero-order chi connectivity index (χ0) is 9.30. The van der Waals surface area contributed by atoms with Crippen molar-refractivity contribution in [3.05, 3.63) is 33.8 Å². The normalized spacial score (nSPS) is 13.1. The number of rotatable bonds is 1. The molecule has 0 saturated carbocycles. The zero-order valence-corrected chi connectivity index (χ0v) is 8.03. The van der Waals surface area contributed by atoms with Crippen molar-refractivity contribution in [1.29, 1.82) is 0 Å². The minimum Gasteiger partial charge on any atom is -0.324 e. The fourth-order valence-corrected chi connectivity index (χ4v) is 1.20. The molecule has 1 atom stereocenters. The third-order valence-corrected chi connectivity index (χ3v) is 2.17. The molecule has 1 unspecified atom stereocenters. The molecule has 0 aromatic heterocycles. The Morgan fingerprint density at radius 3 is 2.42 bits per heavy atom. The second-order valence-electron chi connectivity index (χ2n) is 2.55. The number of hydrogen-bond acceptors (Lipinski definition) is 1. The molecule has 0 saturated heterocycles. The van der Waals surface area contributed by atoms with Crippen molar-refractivity contribution in [1.82, 2.24) is 0 Å². The molecule has 0 spiro atoms. The largest absolute Gasteiger partial charge is 0.324 e. The van der Waals surface area contributed by atoms with E-state index in [9.17, 15) is 8.78 Å². The summed E-state index contributed by atoms with van der Waals surface area (Å²) in [5.74, 6) is -1.76. The van der Waals surface area contributed by atoms with Gasteiger partial charge in [-0.05, 0) is 28.9 Å². The van der Waals surface area contributed by atoms with Crippen LogP contribution in [0, 0.1) is 11.6 Å². The molecular formula is C8H8BrF2N. The Labute approximate surface area is 77.7 Å². The number of nitrogens with two attached hydrogens (primary N) is 1. The third-order valence-electron chi connectivity index (χ3n) is 1.56. The lowest BCUT2D eigenvalue weighted by Gasteiger charge is -2.07. The van der Waals surface area contributed by atoms with Gasteiger partial charge in [0.15, 0.2) is 11.6 Å². The molecule has 0 aliphatic carbocycles. The highest BCUT2D eigenvalue weighted by atomic mass is 79.9. The molecule has 1 aromatic carbocycles. The maximum Gasteiger partial charge on any atom is 0.173 e. The molecule has 0 aliphatic heterocycles. The topological polar surface area (TPSA) is 26.0 Å². The van der Waals surface area contributed by atoms with E-state index in [0.717, 1.165) is 0 Å². The summed E-state index contributed by atoms with van der Waals surface area (Å²) < 4.78 is 26.0. The van der Waals surface area contributed by atoms with Crippen LogP contribution in [0.1, 0.15) is 18.5 Å². The molecular weight excluding hydrogens is 228 g/mol. The van der Waals surface area contributed by atoms with Gasteiger partial charge in [-0.2, -0.15) is 0 Å². The smallest absolute Gasteiger partial charge is 0.173 e. The van der Waals surface area contributed by atoms with Gasteiger partial charge in [-0.25, -0.2) is 8.78 Å². The third kappa shape index (κ3) is 1.64. The van der Waals surface area contributed by atoms with E-state index in [4.69, 9.17) is 5.73 Å². The highest BCUT2D eigenvalue weighted by molar-refractivity contribution is 9.10. The average Bonchev–Trinajstić information content (AvgIpc) is 2.00. The van der Waals surface area contributed by atoms with Crippen LogP contribution in [-0.4, -0.2) is 0 Å². The molecule has 4 heteroatoms. The van der Waals surface area contributed by atoms with Crippen LogP contribution in [-0.2, 0) is 0 Å². The quantitative estimate of drug-likeness (QED) is 0.745. The van der Waals surface area contributed by atoms with Crippen LogP contribution in [0.4, 0.5) is 8.78 Å². The van der Waals surface area contributed by atoms with E-state index in [1.807, 2.05) is 0 Å². The SMILES string of the molecule is CC(N)c1ccc(Br)c(F)c1F. The van der Waals surface area contributed by atoms with Gasteiger partial charge < -0.3 is 5.73 Å². The monoisotopic (exact) mass is 235 g/mol. The van der Waals surface area contributed by atoms with Crippen molar-refractivity contribution < 1.29 is 8.78 Å². The highest BCUT2D eigenvalue weighted by Gasteiger charge is 2.13. The predicted molar refractivity (Wildman–Crippen MR) is 46.7 cm³/mol. The first-order valence-electron chi connectivity index (χ1n) is 3.43. The van der Waals surface area contributed by atoms with Gasteiger partial charge in [0.05, 0.1) is 4.47 Å². The molecule has 0 aliphatic rings. The molecule has 0 heterocycles. The molecule has 0 fully saturated rings. The molecule has 1 rings (SSSR count). The van der Waals surface area contributed by atoms with E-state index < -0.39 is 17.7 Å². The Bertz CT molecular complexity index is 299. The first kappa shape index (κ1) is 9.61. The molecule has 1 aromatic rings. The fraction of sp³-hybridized carbons (Fsp3) is 0.250. The highest BCUT2D eigenvalue weighted by Crippen LogP contribution is 2.23. The molecule has 66 valence electrons. The minimum absolute atomic E-state index is 0.115. The minimum atomic E-state index is -0.884. The standard InChI is InChI=1S/C8H8BrF2N/c1-4(12)5-2-3-6(9)8(11)7(5)10/h2-4H,12H2,1H3. The Balaban J connectivity index is 3.27. The van der Waals surface area contributed by atoms with Gasteiger partial charge in [0.25, 0.3) is 0 Å². The summed E-state index contributed by atoms with van der Waals surface area (Å²) >= 11 is 2.87. The lowest BCUT2D eigenvalue weighted by molar-refractivity contribution is 0.488. The van der Waals surface area contributed by atoms with Crippen LogP contribution in [0.2, 0.25) is 0 Å². The van der Waals surface area contributed by atoms with Crippen LogP contribution >= 0.6 is 15.9 Å². The van der Waals surface area contributed by atoms with E-state index >= 15 is 0 Å². The molecule has 12 heavy (non-hydrogen) atoms. The lowest BCUT2D eigenvalue weighted by atomic mass is 10.1. The van der Waals surface area contributed by atoms with Gasteiger partial charge in [-0.1, -0.05) is 6.07 Å². The van der Waals surface area contributed by atoms with E-state index in [0.29, 0.717) is 0 Å². The van der Waals surface area contributed by atoms with Crippen molar-refractivity contribution >= 4 is 15.9 Å². The van der Waals surface area contributed by atoms with E-state index in [2.05, 4.69) is 15.9 Å². The number of hydrogen-bond donors (Lipinski definition) is 1. The summed E-state index contributed by atoms with van der Waals surface area (Å²) in [6, 6.07) is 2.41. The molecule has 0 radical (unpaired) electrons. The van der Waals surface area contributed by atoms with Gasteiger partial charge in [-0.15, -0.1) is 0 Å². The van der Waals surface area contributed by atoms with Crippen LogP contribution in [0.5, 0.6) is 0 Å². The number of halogens is 3. The van der Waals surface area contributed by atoms with E-state index in [-0.39, 0.29) is 10.0 Å². The summed E-state index contributed by atoms with van der Waals surface area (Å²) in [5, 5.41) is 0. The van der Waals surface area contributed by atoms with Crippen LogP contribution in [0.25, 0.3) is 0 Å². The lowest BCUT2D eigenvalue weighted by Crippen LogP contribution is -2.08. The van der Waals surface area contributed by atoms with Crippen molar-refractivity contribution in [2.45, 2.75) is 13.0 Å². The molecule has 1 nitrogen and oxygen atoms in total. The van der Waals surface area contributed by atoms with Crippen LogP contribution in [0.3, 0.4) is 0 Å². The van der Waals surface area contributed by atoms with Crippen molar-refractivity contribution in [2.24, 2.45) is 5.73 Å². The summed E-state index contributed by atoms with van der Waals surface area (Å²) in [6.07, 6.45) is 0. The second kappa shape index (κ2) is 3.49. The predicted octanol–water partition coefficient (Wildman–Crippen LogP) is 2.75. The van der Waals surface area contributed by atoms with E-state index in [1.165, 1.54) is 12.1 Å². The van der Waals surface area contributed by atoms with Crippen LogP contribution in [0.15, 0.2) is 16.6 Å². The van der Waals surface area contributed by atoms with Gasteiger partial charge in [0.1, 0.15) is 0 Å². The van der Waals surface area contributed by atoms with Crippen LogP contribution < -0.4 is 5.73 Å². The zero-order valence-electron chi connectivity index (χ0n) is 6.44. The first-order chi connectivity index (χ1) is 5.54. The van der Waals surface area contributed by atoms with Gasteiger partial charge in [0, 0.05) is 11.6 Å². The second-order valence-corrected chi connectivity index (χ2v) is 3.41. The molecule has 0 bridgehead atoms. The summed E-state index contributed by atoms with van der Waals surface area (Å²) in [4.78, 5) is 0. The summed E-state index contributed by atoms with van der Waals surface area (Å²) in [6.45, 7) is 1.60. The molecule has 0 amide bonds. The van der Waals surface area contributed by atoms with Gasteiger partial charge in [-0.3, -0.25) is 0 Å². The maximum atomic E-state index is 13.0. The van der Waals surface area contributed by atoms with Gasteiger partial charge >= 0.3 is 0 Å². The van der Waals surface area contributed by atoms with Crippen molar-refractivity contribution in [2.75, 3.05) is 0 Å². The summed E-state index contributed by atoms with van der Waals surface area (Å²) in [5.41, 5.74) is 5.60. The Morgan fingerprint density at radius 1 is 1.33 bits per heavy atom. The first-order valence-corrected chi connectivity index (χ1v) is 4.22. The molecule has 2 N–H and O–H groups in total. The van der Waals surface area contributed by atoms with Gasteiger partial charge in [0.2, 0.25) is 0 Å². The van der Waals surface area contributed by atoms with E-state index in [1.54, 1.807) is 6.92 Å². The maximum absolute atomic E-state index is 13.0. The van der Waals surface area contributed by atoms with Crippen molar-refractivity contribution in [3.8, 4) is 0 Å². The Kier molecular flexibility index (Phi) is 2.80. The number of benzene rings is 1. The summed E-state index contributed by atoms with van der Waals surface area (Å²) in [7, 11) is 0. The Hall–Kier alpha value is -0.480. The van der Waals surface area contributed by atoms with Crippen molar-refractivity contribution in [3.63, 3.8) is 0 Å². The fourth-order valence-electron chi connectivity index (χ4n) is 0.893. The Morgan fingerprint density at radius 2 is 1.92 bits per heavy atom. The average molecular weight is 236 g/mol.